The van der Waals surface area contributed by atoms with E-state index in [0.717, 1.165) is 4.31 Å². The van der Waals surface area contributed by atoms with Crippen molar-refractivity contribution in [2.45, 2.75) is 11.8 Å². The van der Waals surface area contributed by atoms with Crippen molar-refractivity contribution in [2.24, 2.45) is 5.73 Å². The van der Waals surface area contributed by atoms with Gasteiger partial charge in [0.1, 0.15) is 6.54 Å². The lowest BCUT2D eigenvalue weighted by atomic mass is 10.3. The Morgan fingerprint density at radius 1 is 1.04 bits per heavy atom. The standard InChI is InChI=1S/C16H14Cl3N3O4S/c1-9(23)21-10-2-4-11(5-3-10)27(25,26)22(8-16(20)24)15-7-13(18)12(17)6-14(15)19/h2-7H,8H2,1H3,(H2,20,24)(H,21,23). The molecule has 0 saturated heterocycles. The SMILES string of the molecule is CC(=O)Nc1ccc(S(=O)(=O)N(CC(N)=O)c2cc(Cl)c(Cl)cc2Cl)cc1. The van der Waals surface area contributed by atoms with Crippen molar-refractivity contribution in [3.8, 4) is 0 Å². The summed E-state index contributed by atoms with van der Waals surface area (Å²) >= 11 is 17.9. The highest BCUT2D eigenvalue weighted by molar-refractivity contribution is 7.92. The van der Waals surface area contributed by atoms with Gasteiger partial charge in [0.05, 0.1) is 25.7 Å². The second-order valence-electron chi connectivity index (χ2n) is 5.40. The van der Waals surface area contributed by atoms with Gasteiger partial charge >= 0.3 is 0 Å². The normalized spacial score (nSPS) is 11.1. The van der Waals surface area contributed by atoms with Crippen molar-refractivity contribution in [1.82, 2.24) is 0 Å². The third-order valence-electron chi connectivity index (χ3n) is 3.32. The average molecular weight is 451 g/mol. The van der Waals surface area contributed by atoms with Crippen LogP contribution in [-0.4, -0.2) is 26.8 Å². The molecule has 0 saturated carbocycles. The van der Waals surface area contributed by atoms with E-state index >= 15 is 0 Å². The lowest BCUT2D eigenvalue weighted by Crippen LogP contribution is -2.38. The van der Waals surface area contributed by atoms with E-state index in [-0.39, 0.29) is 31.6 Å². The Morgan fingerprint density at radius 3 is 2.11 bits per heavy atom. The molecule has 27 heavy (non-hydrogen) atoms. The number of hydrogen-bond donors (Lipinski definition) is 2. The van der Waals surface area contributed by atoms with Crippen LogP contribution in [-0.2, 0) is 19.6 Å². The molecule has 2 amide bonds. The van der Waals surface area contributed by atoms with Crippen LogP contribution < -0.4 is 15.4 Å². The van der Waals surface area contributed by atoms with Crippen LogP contribution in [0.25, 0.3) is 0 Å². The van der Waals surface area contributed by atoms with Gasteiger partial charge in [-0.2, -0.15) is 0 Å². The molecular weight excluding hydrogens is 437 g/mol. The van der Waals surface area contributed by atoms with E-state index in [9.17, 15) is 18.0 Å². The van der Waals surface area contributed by atoms with Crippen LogP contribution >= 0.6 is 34.8 Å². The predicted molar refractivity (Wildman–Crippen MR) is 106 cm³/mol. The van der Waals surface area contributed by atoms with E-state index < -0.39 is 22.5 Å². The molecule has 0 spiro atoms. The first kappa shape index (κ1) is 21.3. The molecule has 0 aliphatic heterocycles. The first-order valence-electron chi connectivity index (χ1n) is 7.35. The fourth-order valence-electron chi connectivity index (χ4n) is 2.19. The second-order valence-corrected chi connectivity index (χ2v) is 8.49. The van der Waals surface area contributed by atoms with Gasteiger partial charge in [-0.25, -0.2) is 8.42 Å². The van der Waals surface area contributed by atoms with Crippen LogP contribution in [0, 0.1) is 0 Å². The Morgan fingerprint density at radius 2 is 1.59 bits per heavy atom. The summed E-state index contributed by atoms with van der Waals surface area (Å²) < 4.78 is 26.8. The third kappa shape index (κ3) is 5.04. The number of carbonyl (C=O) groups excluding carboxylic acids is 2. The highest BCUT2D eigenvalue weighted by Crippen LogP contribution is 2.37. The number of halogens is 3. The van der Waals surface area contributed by atoms with Gasteiger partial charge in [0.15, 0.2) is 0 Å². The van der Waals surface area contributed by atoms with Gasteiger partial charge in [-0.3, -0.25) is 13.9 Å². The average Bonchev–Trinajstić information content (AvgIpc) is 2.56. The van der Waals surface area contributed by atoms with Crippen LogP contribution in [0.4, 0.5) is 11.4 Å². The minimum atomic E-state index is -4.21. The molecule has 2 aromatic rings. The fraction of sp³-hybridized carbons (Fsp3) is 0.125. The Balaban J connectivity index is 2.54. The van der Waals surface area contributed by atoms with E-state index in [2.05, 4.69) is 5.32 Å². The Bertz CT molecular complexity index is 995. The van der Waals surface area contributed by atoms with Gasteiger partial charge in [0.2, 0.25) is 11.8 Å². The van der Waals surface area contributed by atoms with Gasteiger partial charge in [-0.1, -0.05) is 34.8 Å². The number of nitrogens with two attached hydrogens (primary N) is 1. The predicted octanol–water partition coefficient (Wildman–Crippen LogP) is 3.29. The number of amides is 2. The second kappa shape index (κ2) is 8.35. The highest BCUT2D eigenvalue weighted by Gasteiger charge is 2.28. The zero-order valence-corrected chi connectivity index (χ0v) is 17.0. The summed E-state index contributed by atoms with van der Waals surface area (Å²) in [5, 5.41) is 2.68. The van der Waals surface area contributed by atoms with E-state index in [0.29, 0.717) is 5.69 Å². The number of benzene rings is 2. The van der Waals surface area contributed by atoms with Crippen molar-refractivity contribution >= 4 is 68.0 Å². The highest BCUT2D eigenvalue weighted by atomic mass is 35.5. The first-order valence-corrected chi connectivity index (χ1v) is 9.93. The molecule has 144 valence electrons. The lowest BCUT2D eigenvalue weighted by Gasteiger charge is -2.24. The van der Waals surface area contributed by atoms with Crippen LogP contribution in [0.5, 0.6) is 0 Å². The minimum absolute atomic E-state index is 0.0240. The van der Waals surface area contributed by atoms with Gasteiger partial charge in [0, 0.05) is 12.6 Å². The molecule has 2 aromatic carbocycles. The molecule has 0 aliphatic carbocycles. The minimum Gasteiger partial charge on any atom is -0.368 e. The maximum Gasteiger partial charge on any atom is 0.264 e. The van der Waals surface area contributed by atoms with Crippen molar-refractivity contribution in [3.05, 3.63) is 51.5 Å². The maximum absolute atomic E-state index is 13.0. The summed E-state index contributed by atoms with van der Waals surface area (Å²) in [6, 6.07) is 7.88. The smallest absolute Gasteiger partial charge is 0.264 e. The number of rotatable bonds is 6. The zero-order valence-electron chi connectivity index (χ0n) is 13.9. The summed E-state index contributed by atoms with van der Waals surface area (Å²) in [5.74, 6) is -1.20. The van der Waals surface area contributed by atoms with Gasteiger partial charge in [0.25, 0.3) is 10.0 Å². The summed E-state index contributed by atoms with van der Waals surface area (Å²) in [5.41, 5.74) is 5.57. The Labute approximate surface area is 171 Å². The molecule has 0 heterocycles. The summed E-state index contributed by atoms with van der Waals surface area (Å²) in [4.78, 5) is 22.4. The Kier molecular flexibility index (Phi) is 6.59. The van der Waals surface area contributed by atoms with Gasteiger partial charge in [-0.15, -0.1) is 0 Å². The molecule has 0 bridgehead atoms. The van der Waals surface area contributed by atoms with Crippen LogP contribution in [0.3, 0.4) is 0 Å². The van der Waals surface area contributed by atoms with E-state index in [1.54, 1.807) is 0 Å². The monoisotopic (exact) mass is 449 g/mol. The third-order valence-corrected chi connectivity index (χ3v) is 6.12. The molecule has 0 aromatic heterocycles. The van der Waals surface area contributed by atoms with Crippen molar-refractivity contribution < 1.29 is 18.0 Å². The van der Waals surface area contributed by atoms with Crippen LogP contribution in [0.15, 0.2) is 41.3 Å². The molecule has 0 unspecified atom stereocenters. The van der Waals surface area contributed by atoms with Gasteiger partial charge in [-0.05, 0) is 36.4 Å². The molecule has 2 rings (SSSR count). The van der Waals surface area contributed by atoms with Gasteiger partial charge < -0.3 is 11.1 Å². The molecule has 11 heteroatoms. The molecule has 3 N–H and O–H groups in total. The fourth-order valence-corrected chi connectivity index (χ4v) is 4.32. The van der Waals surface area contributed by atoms with Crippen molar-refractivity contribution in [3.63, 3.8) is 0 Å². The Hall–Kier alpha value is -2.00. The molecule has 0 fully saturated rings. The molecule has 7 nitrogen and oxygen atoms in total. The van der Waals surface area contributed by atoms with E-state index in [1.165, 1.54) is 43.3 Å². The maximum atomic E-state index is 13.0. The number of anilines is 2. The summed E-state index contributed by atoms with van der Waals surface area (Å²) in [6.07, 6.45) is 0. The lowest BCUT2D eigenvalue weighted by molar-refractivity contribution is -0.116. The number of primary amides is 1. The summed E-state index contributed by atoms with van der Waals surface area (Å²) in [7, 11) is -4.21. The zero-order chi connectivity index (χ0) is 20.4. The van der Waals surface area contributed by atoms with Crippen molar-refractivity contribution in [2.75, 3.05) is 16.2 Å². The quantitative estimate of drug-likeness (QED) is 0.658. The van der Waals surface area contributed by atoms with E-state index in [4.69, 9.17) is 40.5 Å². The van der Waals surface area contributed by atoms with Crippen LogP contribution in [0.1, 0.15) is 6.92 Å². The molecular formula is C16H14Cl3N3O4S. The number of sulfonamides is 1. The van der Waals surface area contributed by atoms with Crippen LogP contribution in [0.2, 0.25) is 15.1 Å². The number of carbonyl (C=O) groups is 2. The number of nitrogens with zero attached hydrogens (tertiary/aromatic N) is 1. The summed E-state index contributed by atoms with van der Waals surface area (Å²) in [6.45, 7) is 0.666. The number of hydrogen-bond acceptors (Lipinski definition) is 4. The number of nitrogens with one attached hydrogen (secondary N) is 1. The first-order chi connectivity index (χ1) is 12.5. The largest absolute Gasteiger partial charge is 0.368 e. The molecule has 0 aliphatic rings. The molecule has 0 atom stereocenters. The van der Waals surface area contributed by atoms with Crippen molar-refractivity contribution in [1.29, 1.82) is 0 Å². The molecule has 0 radical (unpaired) electrons. The van der Waals surface area contributed by atoms with E-state index in [1.807, 2.05) is 0 Å². The topological polar surface area (TPSA) is 110 Å².